The summed E-state index contributed by atoms with van der Waals surface area (Å²) in [5, 5.41) is 2.20. The lowest BCUT2D eigenvalue weighted by molar-refractivity contribution is -0.120. The minimum absolute atomic E-state index is 0.00850. The molecule has 1 fully saturated rings. The molecule has 11 heteroatoms. The molecule has 0 radical (unpaired) electrons. The lowest BCUT2D eigenvalue weighted by atomic mass is 10.2. The maximum atomic E-state index is 12.5. The molecule has 0 aliphatic carbocycles. The summed E-state index contributed by atoms with van der Waals surface area (Å²) in [7, 11) is -3.99. The first-order valence-electron chi connectivity index (χ1n) is 8.50. The number of ether oxygens (including phenoxy) is 1. The third-order valence-electron chi connectivity index (χ3n) is 3.98. The van der Waals surface area contributed by atoms with Gasteiger partial charge >= 0.3 is 6.03 Å². The van der Waals surface area contributed by atoms with Crippen molar-refractivity contribution in [2.45, 2.75) is 17.7 Å². The van der Waals surface area contributed by atoms with E-state index in [1.165, 1.54) is 47.4 Å². The number of urea groups is 1. The highest BCUT2D eigenvalue weighted by atomic mass is 32.2. The first kappa shape index (κ1) is 20.5. The molecule has 0 saturated carbocycles. The van der Waals surface area contributed by atoms with Crippen LogP contribution in [0.1, 0.15) is 6.42 Å². The van der Waals surface area contributed by atoms with Crippen LogP contribution in [0.5, 0.6) is 5.75 Å². The second-order valence-corrected chi connectivity index (χ2v) is 7.77. The Labute approximate surface area is 165 Å². The molecule has 1 aliphatic rings. The maximum Gasteiger partial charge on any atom is 0.328 e. The monoisotopic (exact) mass is 425 g/mol. The van der Waals surface area contributed by atoms with Crippen molar-refractivity contribution in [1.29, 1.82) is 0 Å². The Morgan fingerprint density at radius 3 is 2.52 bits per heavy atom. The molecule has 0 aromatic heterocycles. The van der Waals surface area contributed by atoms with Crippen LogP contribution in [-0.2, 0) is 14.8 Å². The molecule has 29 heavy (non-hydrogen) atoms. The van der Waals surface area contributed by atoms with Crippen LogP contribution < -0.4 is 19.7 Å². The van der Waals surface area contributed by atoms with Crippen LogP contribution in [-0.4, -0.2) is 39.9 Å². The van der Waals surface area contributed by atoms with E-state index in [0.29, 0.717) is 5.69 Å². The smallest absolute Gasteiger partial charge is 0.328 e. The van der Waals surface area contributed by atoms with Crippen molar-refractivity contribution in [3.63, 3.8) is 0 Å². The standard InChI is InChI=1S/C18H17F2N3O5S/c19-16(20)11-28-14-2-1-3-15(10-14)29(26,27)22-12-4-6-13(7-5-12)23-9-8-17(24)21-18(23)25/h1-7,10,16,22H,8-9,11H2,(H,21,24,25). The number of carbonyl (C=O) groups is 2. The van der Waals surface area contributed by atoms with Gasteiger partial charge in [-0.15, -0.1) is 0 Å². The van der Waals surface area contributed by atoms with Crippen LogP contribution >= 0.6 is 0 Å². The number of sulfonamides is 1. The molecule has 1 aliphatic heterocycles. The number of halogens is 2. The van der Waals surface area contributed by atoms with Gasteiger partial charge in [-0.2, -0.15) is 0 Å². The molecule has 0 bridgehead atoms. The number of carbonyl (C=O) groups excluding carboxylic acids is 2. The molecule has 154 valence electrons. The summed E-state index contributed by atoms with van der Waals surface area (Å²) >= 11 is 0. The summed E-state index contributed by atoms with van der Waals surface area (Å²) < 4.78 is 56.8. The maximum absolute atomic E-state index is 12.5. The topological polar surface area (TPSA) is 105 Å². The van der Waals surface area contributed by atoms with E-state index in [-0.39, 0.29) is 35.2 Å². The number of anilines is 2. The summed E-state index contributed by atoms with van der Waals surface area (Å²) in [6, 6.07) is 10.7. The van der Waals surface area contributed by atoms with E-state index in [1.807, 2.05) is 0 Å². The molecule has 0 spiro atoms. The van der Waals surface area contributed by atoms with Gasteiger partial charge in [0.15, 0.2) is 0 Å². The van der Waals surface area contributed by atoms with Gasteiger partial charge in [0.25, 0.3) is 16.4 Å². The van der Waals surface area contributed by atoms with Gasteiger partial charge in [-0.3, -0.25) is 19.7 Å². The summed E-state index contributed by atoms with van der Waals surface area (Å²) in [4.78, 5) is 24.3. The molecular formula is C18H17F2N3O5S. The van der Waals surface area contributed by atoms with Crippen molar-refractivity contribution in [3.05, 3.63) is 48.5 Å². The third-order valence-corrected chi connectivity index (χ3v) is 5.36. The number of hydrogen-bond acceptors (Lipinski definition) is 5. The quantitative estimate of drug-likeness (QED) is 0.710. The van der Waals surface area contributed by atoms with Crippen LogP contribution in [0.25, 0.3) is 0 Å². The van der Waals surface area contributed by atoms with Gasteiger partial charge in [0.05, 0.1) is 4.90 Å². The number of benzene rings is 2. The fraction of sp³-hybridized carbons (Fsp3) is 0.222. The van der Waals surface area contributed by atoms with Crippen LogP contribution in [0.4, 0.5) is 25.0 Å². The number of imide groups is 1. The van der Waals surface area contributed by atoms with Crippen molar-refractivity contribution >= 4 is 33.3 Å². The normalized spacial score (nSPS) is 14.7. The van der Waals surface area contributed by atoms with Crippen LogP contribution in [0, 0.1) is 0 Å². The minimum Gasteiger partial charge on any atom is -0.488 e. The van der Waals surface area contributed by atoms with E-state index in [2.05, 4.69) is 10.0 Å². The summed E-state index contributed by atoms with van der Waals surface area (Å²) in [6.45, 7) is -0.616. The number of rotatable bonds is 7. The van der Waals surface area contributed by atoms with Gasteiger partial charge in [0.2, 0.25) is 5.91 Å². The number of nitrogens with one attached hydrogen (secondary N) is 2. The van der Waals surface area contributed by atoms with Gasteiger partial charge < -0.3 is 4.74 Å². The molecule has 3 rings (SSSR count). The molecule has 8 nitrogen and oxygen atoms in total. The predicted molar refractivity (Wildman–Crippen MR) is 101 cm³/mol. The zero-order valence-electron chi connectivity index (χ0n) is 15.0. The van der Waals surface area contributed by atoms with Gasteiger partial charge in [0, 0.05) is 30.4 Å². The zero-order valence-corrected chi connectivity index (χ0v) is 15.8. The van der Waals surface area contributed by atoms with E-state index in [4.69, 9.17) is 4.74 Å². The van der Waals surface area contributed by atoms with Crippen LogP contribution in [0.2, 0.25) is 0 Å². The van der Waals surface area contributed by atoms with Crippen molar-refractivity contribution in [3.8, 4) is 5.75 Å². The first-order chi connectivity index (χ1) is 13.7. The fourth-order valence-electron chi connectivity index (χ4n) is 2.62. The molecule has 1 heterocycles. The molecule has 0 unspecified atom stereocenters. The van der Waals surface area contributed by atoms with Crippen LogP contribution in [0.3, 0.4) is 0 Å². The zero-order chi connectivity index (χ0) is 21.0. The summed E-state index contributed by atoms with van der Waals surface area (Å²) in [5.74, 6) is -0.343. The van der Waals surface area contributed by atoms with E-state index in [1.54, 1.807) is 0 Å². The third kappa shape index (κ3) is 5.19. The summed E-state index contributed by atoms with van der Waals surface area (Å²) in [6.07, 6.45) is -2.50. The Hall–Kier alpha value is -3.21. The molecule has 2 aromatic rings. The molecule has 3 amide bonds. The molecular weight excluding hydrogens is 408 g/mol. The SMILES string of the molecule is O=C1CCN(c2ccc(NS(=O)(=O)c3cccc(OCC(F)F)c3)cc2)C(=O)N1. The largest absolute Gasteiger partial charge is 0.488 e. The van der Waals surface area contributed by atoms with Crippen molar-refractivity contribution in [1.82, 2.24) is 5.32 Å². The van der Waals surface area contributed by atoms with Crippen molar-refractivity contribution in [2.75, 3.05) is 22.8 Å². The Balaban J connectivity index is 1.71. The Bertz CT molecular complexity index is 1010. The minimum atomic E-state index is -3.99. The fourth-order valence-corrected chi connectivity index (χ4v) is 3.72. The van der Waals surface area contributed by atoms with E-state index in [9.17, 15) is 26.8 Å². The average Bonchev–Trinajstić information content (AvgIpc) is 2.67. The average molecular weight is 425 g/mol. The molecule has 2 N–H and O–H groups in total. The van der Waals surface area contributed by atoms with Crippen molar-refractivity contribution in [2.24, 2.45) is 0 Å². The second-order valence-electron chi connectivity index (χ2n) is 6.08. The highest BCUT2D eigenvalue weighted by Gasteiger charge is 2.24. The first-order valence-corrected chi connectivity index (χ1v) is 9.98. The second kappa shape index (κ2) is 8.43. The number of alkyl halides is 2. The Kier molecular flexibility index (Phi) is 5.97. The highest BCUT2D eigenvalue weighted by Crippen LogP contribution is 2.24. The van der Waals surface area contributed by atoms with Gasteiger partial charge in [-0.1, -0.05) is 6.07 Å². The van der Waals surface area contributed by atoms with Crippen LogP contribution in [0.15, 0.2) is 53.4 Å². The molecule has 2 aromatic carbocycles. The van der Waals surface area contributed by atoms with Crippen molar-refractivity contribution < 1.29 is 31.5 Å². The predicted octanol–water partition coefficient (Wildman–Crippen LogP) is 2.58. The highest BCUT2D eigenvalue weighted by molar-refractivity contribution is 7.92. The Morgan fingerprint density at radius 2 is 1.86 bits per heavy atom. The van der Waals surface area contributed by atoms with E-state index in [0.717, 1.165) is 6.07 Å². The lowest BCUT2D eigenvalue weighted by Gasteiger charge is -2.26. The van der Waals surface area contributed by atoms with Gasteiger partial charge in [0.1, 0.15) is 12.4 Å². The number of amides is 3. The molecule has 1 saturated heterocycles. The molecule has 0 atom stereocenters. The number of nitrogens with zero attached hydrogens (tertiary/aromatic N) is 1. The van der Waals surface area contributed by atoms with Gasteiger partial charge in [-0.25, -0.2) is 22.0 Å². The Morgan fingerprint density at radius 1 is 1.14 bits per heavy atom. The van der Waals surface area contributed by atoms with E-state index < -0.39 is 29.1 Å². The van der Waals surface area contributed by atoms with Gasteiger partial charge in [-0.05, 0) is 36.4 Å². The van der Waals surface area contributed by atoms with E-state index >= 15 is 0 Å². The summed E-state index contributed by atoms with van der Waals surface area (Å²) in [5.41, 5.74) is 0.737. The number of hydrogen-bond donors (Lipinski definition) is 2. The lowest BCUT2D eigenvalue weighted by Crippen LogP contribution is -2.49.